The van der Waals surface area contributed by atoms with Gasteiger partial charge in [0.2, 0.25) is 0 Å². The maximum atomic E-state index is 7.05. The largest absolute Gasteiger partial charge is 0.453 e. The number of rotatable bonds is 6. The van der Waals surface area contributed by atoms with Gasteiger partial charge in [-0.3, -0.25) is 9.80 Å². The van der Waals surface area contributed by atoms with Crippen LogP contribution >= 0.6 is 47.0 Å². The maximum Gasteiger partial charge on any atom is 0.196 e. The van der Waals surface area contributed by atoms with Crippen LogP contribution in [0.15, 0.2) is 0 Å². The Morgan fingerprint density at radius 3 is 1.20 bits per heavy atom. The third-order valence-corrected chi connectivity index (χ3v) is 24.7. The lowest BCUT2D eigenvalue weighted by molar-refractivity contribution is 0.306. The highest BCUT2D eigenvalue weighted by atomic mass is 32.2. The first-order chi connectivity index (χ1) is 11.5. The van der Waals surface area contributed by atoms with E-state index < -0.39 is 16.6 Å². The smallest absolute Gasteiger partial charge is 0.196 e. The minimum atomic E-state index is -1.70. The topological polar surface area (TPSA) is 15.7 Å². The van der Waals surface area contributed by atoms with Crippen LogP contribution in [0.3, 0.4) is 0 Å². The molecule has 0 amide bonds. The molecule has 148 valence electrons. The molecule has 0 bridgehead atoms. The van der Waals surface area contributed by atoms with Crippen molar-refractivity contribution in [1.82, 2.24) is 9.80 Å². The second-order valence-corrected chi connectivity index (χ2v) is 23.4. The van der Waals surface area contributed by atoms with E-state index in [1.165, 1.54) is 0 Å². The quantitative estimate of drug-likeness (QED) is 0.494. The van der Waals surface area contributed by atoms with Crippen molar-refractivity contribution in [1.29, 1.82) is 0 Å². The Bertz CT molecular complexity index is 386. The minimum absolute atomic E-state index is 0.649. The highest BCUT2D eigenvalue weighted by molar-refractivity contribution is 8.20. The zero-order valence-electron chi connectivity index (χ0n) is 17.1. The molecular weight excluding hydrogens is 421 g/mol. The summed E-state index contributed by atoms with van der Waals surface area (Å²) in [4.78, 5) is 5.12. The number of thioether (sulfide) groups is 4. The molecule has 2 saturated heterocycles. The normalized spacial score (nSPS) is 23.8. The van der Waals surface area contributed by atoms with Gasteiger partial charge in [0.05, 0.1) is 8.41 Å². The van der Waals surface area contributed by atoms with Gasteiger partial charge in [0.25, 0.3) is 0 Å². The van der Waals surface area contributed by atoms with Crippen molar-refractivity contribution in [3.63, 3.8) is 0 Å². The van der Waals surface area contributed by atoms with E-state index in [-0.39, 0.29) is 0 Å². The van der Waals surface area contributed by atoms with Crippen molar-refractivity contribution in [2.75, 3.05) is 23.5 Å². The van der Waals surface area contributed by atoms with Crippen LogP contribution in [-0.4, -0.2) is 70.4 Å². The van der Waals surface area contributed by atoms with Gasteiger partial charge in [0.1, 0.15) is 0 Å². The lowest BCUT2D eigenvalue weighted by Crippen LogP contribution is -2.56. The lowest BCUT2D eigenvalue weighted by Gasteiger charge is -2.46. The molecule has 0 aliphatic carbocycles. The van der Waals surface area contributed by atoms with E-state index in [4.69, 9.17) is 4.12 Å². The van der Waals surface area contributed by atoms with Gasteiger partial charge in [0.15, 0.2) is 16.6 Å². The molecule has 2 aliphatic rings. The molecule has 2 heterocycles. The molecule has 0 N–H and O–H groups in total. The van der Waals surface area contributed by atoms with Gasteiger partial charge in [-0.15, -0.1) is 47.0 Å². The monoisotopic (exact) mass is 456 g/mol. The van der Waals surface area contributed by atoms with E-state index in [2.05, 4.69) is 111 Å². The Morgan fingerprint density at radius 1 is 0.680 bits per heavy atom. The first-order valence-corrected chi connectivity index (χ1v) is 19.3. The highest BCUT2D eigenvalue weighted by Gasteiger charge is 2.46. The first kappa shape index (κ1) is 23.0. The lowest BCUT2D eigenvalue weighted by atomic mass is 10.4. The molecule has 0 saturated carbocycles. The second kappa shape index (κ2) is 9.47. The Morgan fingerprint density at radius 2 is 0.960 bits per heavy atom. The third-order valence-electron chi connectivity index (χ3n) is 4.69. The Balaban J connectivity index is 1.90. The van der Waals surface area contributed by atoms with E-state index in [0.29, 0.717) is 20.5 Å². The van der Waals surface area contributed by atoms with Gasteiger partial charge < -0.3 is 4.12 Å². The maximum absolute atomic E-state index is 7.05. The van der Waals surface area contributed by atoms with Gasteiger partial charge in [-0.05, 0) is 53.9 Å². The second-order valence-electron chi connectivity index (χ2n) is 8.52. The molecule has 0 aromatic heterocycles. The molecule has 9 heteroatoms. The van der Waals surface area contributed by atoms with Gasteiger partial charge in [-0.2, -0.15) is 0 Å². The summed E-state index contributed by atoms with van der Waals surface area (Å²) >= 11 is 8.50. The molecule has 0 aromatic rings. The summed E-state index contributed by atoms with van der Waals surface area (Å²) in [5, 5.41) is 0. The molecule has 0 unspecified atom stereocenters. The van der Waals surface area contributed by atoms with E-state index >= 15 is 0 Å². The number of nitrogens with zero attached hydrogens (tertiary/aromatic N) is 2. The van der Waals surface area contributed by atoms with Crippen LogP contribution in [0.4, 0.5) is 0 Å². The third kappa shape index (κ3) is 6.35. The molecule has 0 radical (unpaired) electrons. The van der Waals surface area contributed by atoms with Crippen molar-refractivity contribution >= 4 is 63.7 Å². The molecule has 2 fully saturated rings. The molecule has 0 spiro atoms. The Hall–Kier alpha value is 1.71. The van der Waals surface area contributed by atoms with E-state index in [9.17, 15) is 0 Å². The van der Waals surface area contributed by atoms with Crippen LogP contribution in [0.5, 0.6) is 0 Å². The summed E-state index contributed by atoms with van der Waals surface area (Å²) in [5.41, 5.74) is 0. The zero-order chi connectivity index (χ0) is 18.8. The SMILES string of the molecule is CC(C)N1CSC([Si](C)(C)O[Si](C)(C)C2SCN(C(C)C)CS2)SC1. The molecule has 3 nitrogen and oxygen atoms in total. The van der Waals surface area contributed by atoms with Crippen molar-refractivity contribution in [3.8, 4) is 0 Å². The zero-order valence-corrected chi connectivity index (χ0v) is 22.3. The van der Waals surface area contributed by atoms with Crippen LogP contribution in [0.2, 0.25) is 26.2 Å². The summed E-state index contributed by atoms with van der Waals surface area (Å²) in [5.74, 6) is 4.64. The summed E-state index contributed by atoms with van der Waals surface area (Å²) < 4.78 is 8.39. The molecule has 2 aliphatic heterocycles. The van der Waals surface area contributed by atoms with E-state index in [1.54, 1.807) is 0 Å². The van der Waals surface area contributed by atoms with Crippen LogP contribution < -0.4 is 0 Å². The minimum Gasteiger partial charge on any atom is -0.453 e. The predicted molar refractivity (Wildman–Crippen MR) is 127 cm³/mol. The standard InChI is InChI=1S/C16H36N2OS4Si2/c1-13(2)17-9-20-15(21-10-17)24(5,6)19-25(7,8)16-22-11-18(12-23-16)14(3)4/h13-16H,9-12H2,1-8H3. The van der Waals surface area contributed by atoms with Crippen LogP contribution in [-0.2, 0) is 4.12 Å². The molecule has 25 heavy (non-hydrogen) atoms. The van der Waals surface area contributed by atoms with Gasteiger partial charge >= 0.3 is 0 Å². The average Bonchev–Trinajstić information content (AvgIpc) is 2.54. The fraction of sp³-hybridized carbons (Fsp3) is 1.00. The summed E-state index contributed by atoms with van der Waals surface area (Å²) in [7, 11) is -3.41. The van der Waals surface area contributed by atoms with Crippen molar-refractivity contribution in [3.05, 3.63) is 0 Å². The Kier molecular flexibility index (Phi) is 8.72. The summed E-state index contributed by atoms with van der Waals surface area (Å²) in [6, 6.07) is 1.30. The average molecular weight is 457 g/mol. The van der Waals surface area contributed by atoms with Gasteiger partial charge in [-0.1, -0.05) is 0 Å². The number of hydrogen-bond donors (Lipinski definition) is 0. The van der Waals surface area contributed by atoms with Crippen LogP contribution in [0.1, 0.15) is 27.7 Å². The van der Waals surface area contributed by atoms with Crippen molar-refractivity contribution in [2.45, 2.75) is 74.4 Å². The van der Waals surface area contributed by atoms with Gasteiger partial charge in [-0.25, -0.2) is 0 Å². The molecule has 0 atom stereocenters. The fourth-order valence-corrected chi connectivity index (χ4v) is 22.8. The fourth-order valence-electron chi connectivity index (χ4n) is 3.00. The van der Waals surface area contributed by atoms with Crippen LogP contribution in [0.25, 0.3) is 0 Å². The highest BCUT2D eigenvalue weighted by Crippen LogP contribution is 2.43. The summed E-state index contributed by atoms with van der Waals surface area (Å²) in [6.45, 7) is 19.0. The molecular formula is C16H36N2OS4Si2. The Labute approximate surface area is 174 Å². The first-order valence-electron chi connectivity index (χ1n) is 9.17. The predicted octanol–water partition coefficient (Wildman–Crippen LogP) is 5.35. The van der Waals surface area contributed by atoms with Crippen LogP contribution in [0, 0.1) is 0 Å². The van der Waals surface area contributed by atoms with Crippen molar-refractivity contribution in [2.24, 2.45) is 0 Å². The van der Waals surface area contributed by atoms with Gasteiger partial charge in [0, 0.05) is 35.6 Å². The van der Waals surface area contributed by atoms with Crippen molar-refractivity contribution < 1.29 is 4.12 Å². The molecule has 0 aromatic carbocycles. The van der Waals surface area contributed by atoms with E-state index in [0.717, 1.165) is 23.5 Å². The molecule has 2 rings (SSSR count). The van der Waals surface area contributed by atoms with E-state index in [1.807, 2.05) is 0 Å². The number of hydrogen-bond acceptors (Lipinski definition) is 7. The summed E-state index contributed by atoms with van der Waals surface area (Å²) in [6.07, 6.45) is 0.